The summed E-state index contributed by atoms with van der Waals surface area (Å²) in [5.41, 5.74) is 2.50. The Morgan fingerprint density at radius 1 is 1.02 bits per heavy atom. The van der Waals surface area contributed by atoms with Crippen LogP contribution in [-0.2, 0) is 14.8 Å². The minimum atomic E-state index is -4.08. The zero-order chi connectivity index (χ0) is 28.6. The average molecular weight is 561 g/mol. The van der Waals surface area contributed by atoms with Crippen molar-refractivity contribution in [3.8, 4) is 28.0 Å². The van der Waals surface area contributed by atoms with Crippen molar-refractivity contribution in [2.75, 3.05) is 12.4 Å². The predicted octanol–water partition coefficient (Wildman–Crippen LogP) is 5.72. The molecule has 0 saturated heterocycles. The van der Waals surface area contributed by atoms with Gasteiger partial charge in [-0.1, -0.05) is 24.3 Å². The number of fused-ring (bicyclic) bond motifs is 1. The van der Waals surface area contributed by atoms with E-state index in [0.29, 0.717) is 27.6 Å². The number of benzene rings is 2. The summed E-state index contributed by atoms with van der Waals surface area (Å²) >= 11 is 0. The molecule has 0 aliphatic rings. The minimum Gasteiger partial charge on any atom is -0.494 e. The minimum absolute atomic E-state index is 0.0548. The van der Waals surface area contributed by atoms with Crippen molar-refractivity contribution in [1.29, 1.82) is 0 Å². The molecule has 3 aromatic heterocycles. The first kappa shape index (κ1) is 26.7. The Morgan fingerprint density at radius 2 is 1.77 bits per heavy atom. The molecule has 202 valence electrons. The molecule has 2 aromatic carbocycles. The van der Waals surface area contributed by atoms with Gasteiger partial charge in [-0.05, 0) is 60.5 Å². The largest absolute Gasteiger partial charge is 0.494 e. The van der Waals surface area contributed by atoms with E-state index in [1.165, 1.54) is 56.0 Å². The number of hydrogen-bond acceptors (Lipinski definition) is 6. The molecule has 11 heteroatoms. The fraction of sp³-hybridized carbons (Fsp3) is 0.0690. The van der Waals surface area contributed by atoms with E-state index >= 15 is 0 Å². The van der Waals surface area contributed by atoms with Crippen LogP contribution < -0.4 is 10.1 Å². The topological polar surface area (TPSA) is 103 Å². The number of pyridine rings is 2. The lowest BCUT2D eigenvalue weighted by Crippen LogP contribution is -2.12. The van der Waals surface area contributed by atoms with E-state index in [4.69, 9.17) is 4.74 Å². The second-order valence-electron chi connectivity index (χ2n) is 8.85. The maximum Gasteiger partial charge on any atom is 0.269 e. The van der Waals surface area contributed by atoms with Gasteiger partial charge in [0, 0.05) is 41.2 Å². The Balaban J connectivity index is 1.75. The lowest BCUT2D eigenvalue weighted by Gasteiger charge is -2.12. The van der Waals surface area contributed by atoms with Crippen LogP contribution >= 0.6 is 0 Å². The zero-order valence-corrected chi connectivity index (χ0v) is 22.2. The molecule has 0 unspecified atom stereocenters. The van der Waals surface area contributed by atoms with Gasteiger partial charge in [0.1, 0.15) is 0 Å². The van der Waals surface area contributed by atoms with Gasteiger partial charge in [0.05, 0.1) is 17.7 Å². The smallest absolute Gasteiger partial charge is 0.269 e. The monoisotopic (exact) mass is 560 g/mol. The molecule has 0 fully saturated rings. The van der Waals surface area contributed by atoms with Crippen molar-refractivity contribution >= 4 is 32.7 Å². The van der Waals surface area contributed by atoms with Gasteiger partial charge in [-0.25, -0.2) is 26.7 Å². The summed E-state index contributed by atoms with van der Waals surface area (Å²) in [5.74, 6) is -2.27. The summed E-state index contributed by atoms with van der Waals surface area (Å²) in [5, 5.41) is 2.79. The van der Waals surface area contributed by atoms with Crippen LogP contribution in [0.1, 0.15) is 5.56 Å². The molecule has 8 nitrogen and oxygen atoms in total. The first-order valence-corrected chi connectivity index (χ1v) is 13.3. The molecule has 0 spiro atoms. The number of ether oxygens (including phenoxy) is 1. The van der Waals surface area contributed by atoms with Gasteiger partial charge in [-0.15, -0.1) is 0 Å². The van der Waals surface area contributed by atoms with Crippen molar-refractivity contribution in [3.05, 3.63) is 103 Å². The molecule has 0 bridgehead atoms. The molecule has 1 N–H and O–H groups in total. The number of rotatable bonds is 7. The van der Waals surface area contributed by atoms with Crippen molar-refractivity contribution in [1.82, 2.24) is 13.9 Å². The summed E-state index contributed by atoms with van der Waals surface area (Å²) in [4.78, 5) is 20.0. The average Bonchev–Trinajstić information content (AvgIpc) is 3.34. The maximum atomic E-state index is 14.9. The summed E-state index contributed by atoms with van der Waals surface area (Å²) in [7, 11) is -2.79. The van der Waals surface area contributed by atoms with E-state index in [9.17, 15) is 22.0 Å². The Hall–Kier alpha value is -4.90. The number of nitrogens with zero attached hydrogens (tertiary/aromatic N) is 3. The summed E-state index contributed by atoms with van der Waals surface area (Å²) in [6.45, 7) is 5.22. The second-order valence-corrected chi connectivity index (χ2v) is 10.7. The fourth-order valence-corrected chi connectivity index (χ4v) is 5.56. The Labute approximate surface area is 228 Å². The Kier molecular flexibility index (Phi) is 6.90. The number of aromatic nitrogens is 3. The highest BCUT2D eigenvalue weighted by molar-refractivity contribution is 7.90. The van der Waals surface area contributed by atoms with E-state index in [1.807, 2.05) is 6.92 Å². The molecular formula is C29H22F2N4O4S. The third-order valence-electron chi connectivity index (χ3n) is 6.26. The van der Waals surface area contributed by atoms with E-state index < -0.39 is 27.7 Å². The van der Waals surface area contributed by atoms with Gasteiger partial charge >= 0.3 is 0 Å². The Morgan fingerprint density at radius 3 is 2.45 bits per heavy atom. The van der Waals surface area contributed by atoms with E-state index in [2.05, 4.69) is 21.9 Å². The van der Waals surface area contributed by atoms with Gasteiger partial charge in [0.15, 0.2) is 17.2 Å². The third kappa shape index (κ3) is 4.82. The van der Waals surface area contributed by atoms with Crippen LogP contribution in [0.5, 0.6) is 5.75 Å². The first-order valence-electron chi connectivity index (χ1n) is 11.9. The Bertz CT molecular complexity index is 1900. The highest BCUT2D eigenvalue weighted by Crippen LogP contribution is 2.37. The van der Waals surface area contributed by atoms with Crippen LogP contribution in [0.25, 0.3) is 33.3 Å². The number of carbonyl (C=O) groups excluding carboxylic acids is 1. The van der Waals surface area contributed by atoms with Crippen molar-refractivity contribution in [3.63, 3.8) is 0 Å². The normalized spacial score (nSPS) is 11.4. The van der Waals surface area contributed by atoms with Gasteiger partial charge < -0.3 is 10.1 Å². The van der Waals surface area contributed by atoms with E-state index in [0.717, 1.165) is 15.6 Å². The van der Waals surface area contributed by atoms with Crippen molar-refractivity contribution in [2.45, 2.75) is 11.8 Å². The van der Waals surface area contributed by atoms with Gasteiger partial charge in [0.25, 0.3) is 10.0 Å². The number of amides is 1. The van der Waals surface area contributed by atoms with Crippen LogP contribution in [0.3, 0.4) is 0 Å². The third-order valence-corrected chi connectivity index (χ3v) is 7.93. The molecule has 1 amide bonds. The molecule has 0 radical (unpaired) electrons. The van der Waals surface area contributed by atoms with E-state index in [1.54, 1.807) is 24.3 Å². The van der Waals surface area contributed by atoms with Crippen LogP contribution in [-0.4, -0.2) is 35.4 Å². The van der Waals surface area contributed by atoms with Crippen LogP contribution in [0, 0.1) is 18.7 Å². The van der Waals surface area contributed by atoms with Crippen LogP contribution in [0.2, 0.25) is 0 Å². The van der Waals surface area contributed by atoms with Crippen molar-refractivity contribution in [2.24, 2.45) is 0 Å². The van der Waals surface area contributed by atoms with Gasteiger partial charge in [0.2, 0.25) is 11.9 Å². The maximum absolute atomic E-state index is 14.9. The number of aryl methyl sites for hydroxylation is 1. The van der Waals surface area contributed by atoms with E-state index in [-0.39, 0.29) is 22.0 Å². The molecule has 0 saturated carbocycles. The molecule has 40 heavy (non-hydrogen) atoms. The van der Waals surface area contributed by atoms with Gasteiger partial charge in [-0.3, -0.25) is 4.79 Å². The predicted molar refractivity (Wildman–Crippen MR) is 147 cm³/mol. The zero-order valence-electron chi connectivity index (χ0n) is 21.4. The molecule has 0 aliphatic carbocycles. The lowest BCUT2D eigenvalue weighted by molar-refractivity contribution is -0.111. The number of carbonyl (C=O) groups is 1. The quantitative estimate of drug-likeness (QED) is 0.202. The molecule has 5 aromatic rings. The summed E-state index contributed by atoms with van der Waals surface area (Å²) in [6.07, 6.45) is 5.08. The van der Waals surface area contributed by atoms with Crippen LogP contribution in [0.4, 0.5) is 14.5 Å². The number of hydrogen-bond donors (Lipinski definition) is 1. The lowest BCUT2D eigenvalue weighted by atomic mass is 10.0. The first-order chi connectivity index (χ1) is 19.1. The number of anilines is 1. The van der Waals surface area contributed by atoms with Crippen LogP contribution in [0.15, 0.2) is 90.7 Å². The SMILES string of the molecule is C=CC(=O)Nc1cc(-c2cnc3c(c2)c(-c2ccnc(F)c2)cn3S(=O)(=O)c2ccc(C)cc2)cc(OC)c1F. The second kappa shape index (κ2) is 10.3. The standard InChI is InChI=1S/C29H22F2N4O4S/c1-4-27(36)34-24-12-19(13-25(39-3)28(24)31)20-11-22-23(18-9-10-32-26(30)14-18)16-35(29(22)33-15-20)40(37,38)21-7-5-17(2)6-8-21/h4-16H,1H2,2-3H3,(H,34,36). The number of halogens is 2. The fourth-order valence-electron chi connectivity index (χ4n) is 4.23. The molecule has 0 aliphatic heterocycles. The number of methoxy groups -OCH3 is 1. The molecule has 5 rings (SSSR count). The molecular weight excluding hydrogens is 538 g/mol. The van der Waals surface area contributed by atoms with Gasteiger partial charge in [-0.2, -0.15) is 4.39 Å². The summed E-state index contributed by atoms with van der Waals surface area (Å²) in [6, 6.07) is 13.6. The number of nitrogens with one attached hydrogen (secondary N) is 1. The summed E-state index contributed by atoms with van der Waals surface area (Å²) < 4.78 is 62.5. The molecule has 3 heterocycles. The van der Waals surface area contributed by atoms with Crippen molar-refractivity contribution < 1.29 is 26.7 Å². The highest BCUT2D eigenvalue weighted by Gasteiger charge is 2.24. The highest BCUT2D eigenvalue weighted by atomic mass is 32.2. The molecule has 0 atom stereocenters.